The van der Waals surface area contributed by atoms with Gasteiger partial charge in [-0.15, -0.1) is 0 Å². The van der Waals surface area contributed by atoms with Crippen LogP contribution >= 0.6 is 0 Å². The highest BCUT2D eigenvalue weighted by atomic mass is 14.9. The van der Waals surface area contributed by atoms with E-state index in [4.69, 9.17) is 5.26 Å². The lowest BCUT2D eigenvalue weighted by molar-refractivity contribution is 0.602. The molecule has 0 aromatic rings. The van der Waals surface area contributed by atoms with Gasteiger partial charge in [-0.25, -0.2) is 0 Å². The fourth-order valence-electron chi connectivity index (χ4n) is 1.06. The topological polar surface area (TPSA) is 35.8 Å². The van der Waals surface area contributed by atoms with Crippen LogP contribution in [0.25, 0.3) is 0 Å². The molecule has 2 heteroatoms. The summed E-state index contributed by atoms with van der Waals surface area (Å²) in [7, 11) is 0. The molecule has 1 rings (SSSR count). The number of hydrogen-bond donors (Lipinski definition) is 1. The minimum atomic E-state index is 0.0512. The van der Waals surface area contributed by atoms with Gasteiger partial charge in [-0.1, -0.05) is 18.6 Å². The second kappa shape index (κ2) is 3.38. The van der Waals surface area contributed by atoms with Crippen LogP contribution in [0.4, 0.5) is 0 Å². The van der Waals surface area contributed by atoms with Crippen LogP contribution in [0.15, 0.2) is 11.6 Å². The fourth-order valence-corrected chi connectivity index (χ4v) is 1.06. The molecule has 0 bridgehead atoms. The lowest BCUT2D eigenvalue weighted by Crippen LogP contribution is -2.32. The lowest BCUT2D eigenvalue weighted by Gasteiger charge is -2.16. The standard InChI is InChI=1S/C8H12N2/c1-2-7-3-4-8(5-9)10-6-7/h3,8,10H,2,4,6H2,1H3. The summed E-state index contributed by atoms with van der Waals surface area (Å²) in [5.41, 5.74) is 1.42. The van der Waals surface area contributed by atoms with Crippen LogP contribution in [0.2, 0.25) is 0 Å². The van der Waals surface area contributed by atoms with E-state index in [2.05, 4.69) is 24.4 Å². The third-order valence-corrected chi connectivity index (χ3v) is 1.83. The molecule has 0 saturated heterocycles. The third-order valence-electron chi connectivity index (χ3n) is 1.83. The van der Waals surface area contributed by atoms with E-state index < -0.39 is 0 Å². The normalized spacial score (nSPS) is 25.2. The molecular weight excluding hydrogens is 124 g/mol. The average molecular weight is 136 g/mol. The van der Waals surface area contributed by atoms with Crippen LogP contribution < -0.4 is 5.32 Å². The minimum Gasteiger partial charge on any atom is -0.298 e. The summed E-state index contributed by atoms with van der Waals surface area (Å²) < 4.78 is 0. The predicted octanol–water partition coefficient (Wildman–Crippen LogP) is 1.21. The fraction of sp³-hybridized carbons (Fsp3) is 0.625. The Morgan fingerprint density at radius 2 is 2.70 bits per heavy atom. The Bertz CT molecular complexity index is 176. The largest absolute Gasteiger partial charge is 0.298 e. The summed E-state index contributed by atoms with van der Waals surface area (Å²) >= 11 is 0. The molecule has 1 aliphatic heterocycles. The monoisotopic (exact) mass is 136 g/mol. The molecule has 0 amide bonds. The maximum absolute atomic E-state index is 8.51. The number of rotatable bonds is 1. The maximum Gasteiger partial charge on any atom is 0.0990 e. The maximum atomic E-state index is 8.51. The van der Waals surface area contributed by atoms with Gasteiger partial charge in [0.05, 0.1) is 12.1 Å². The number of hydrogen-bond acceptors (Lipinski definition) is 2. The Morgan fingerprint density at radius 1 is 1.90 bits per heavy atom. The molecule has 0 spiro atoms. The van der Waals surface area contributed by atoms with Crippen molar-refractivity contribution < 1.29 is 0 Å². The van der Waals surface area contributed by atoms with E-state index in [0.717, 1.165) is 19.4 Å². The molecule has 2 nitrogen and oxygen atoms in total. The van der Waals surface area contributed by atoms with Gasteiger partial charge in [0.15, 0.2) is 0 Å². The van der Waals surface area contributed by atoms with Crippen molar-refractivity contribution in [2.24, 2.45) is 0 Å². The van der Waals surface area contributed by atoms with Crippen molar-refractivity contribution in [2.45, 2.75) is 25.8 Å². The summed E-state index contributed by atoms with van der Waals surface area (Å²) in [5, 5.41) is 11.6. The van der Waals surface area contributed by atoms with Crippen molar-refractivity contribution in [3.63, 3.8) is 0 Å². The zero-order chi connectivity index (χ0) is 7.40. The van der Waals surface area contributed by atoms with E-state index in [0.29, 0.717) is 0 Å². The van der Waals surface area contributed by atoms with Crippen LogP contribution in [0.3, 0.4) is 0 Å². The number of nitriles is 1. The summed E-state index contributed by atoms with van der Waals surface area (Å²) in [6.07, 6.45) is 4.15. The van der Waals surface area contributed by atoms with Crippen molar-refractivity contribution in [3.05, 3.63) is 11.6 Å². The highest BCUT2D eigenvalue weighted by molar-refractivity contribution is 5.12. The van der Waals surface area contributed by atoms with Gasteiger partial charge in [0.2, 0.25) is 0 Å². The van der Waals surface area contributed by atoms with Crippen LogP contribution in [-0.2, 0) is 0 Å². The smallest absolute Gasteiger partial charge is 0.0990 e. The van der Waals surface area contributed by atoms with Crippen LogP contribution in [0.5, 0.6) is 0 Å². The van der Waals surface area contributed by atoms with Crippen molar-refractivity contribution in [1.82, 2.24) is 5.32 Å². The summed E-state index contributed by atoms with van der Waals surface area (Å²) in [4.78, 5) is 0. The van der Waals surface area contributed by atoms with Crippen molar-refractivity contribution >= 4 is 0 Å². The Balaban J connectivity index is 2.46. The molecule has 1 aliphatic rings. The predicted molar refractivity (Wildman–Crippen MR) is 40.4 cm³/mol. The Kier molecular flexibility index (Phi) is 2.47. The summed E-state index contributed by atoms with van der Waals surface area (Å²) in [5.74, 6) is 0. The van der Waals surface area contributed by atoms with Crippen LogP contribution in [-0.4, -0.2) is 12.6 Å². The molecule has 1 atom stereocenters. The quantitative estimate of drug-likeness (QED) is 0.550. The van der Waals surface area contributed by atoms with Gasteiger partial charge in [0, 0.05) is 6.54 Å². The molecule has 1 unspecified atom stereocenters. The molecule has 1 heterocycles. The van der Waals surface area contributed by atoms with Gasteiger partial charge >= 0.3 is 0 Å². The van der Waals surface area contributed by atoms with Gasteiger partial charge in [0.25, 0.3) is 0 Å². The first-order valence-electron chi connectivity index (χ1n) is 3.67. The van der Waals surface area contributed by atoms with Crippen molar-refractivity contribution in [1.29, 1.82) is 5.26 Å². The molecule has 0 saturated carbocycles. The van der Waals surface area contributed by atoms with Crippen LogP contribution in [0, 0.1) is 11.3 Å². The third kappa shape index (κ3) is 1.58. The average Bonchev–Trinajstić information content (AvgIpc) is 2.05. The SMILES string of the molecule is CCC1=CCC(C#N)NC1. The van der Waals surface area contributed by atoms with E-state index in [1.54, 1.807) is 0 Å². The molecule has 54 valence electrons. The minimum absolute atomic E-state index is 0.0512. The van der Waals surface area contributed by atoms with Crippen molar-refractivity contribution in [2.75, 3.05) is 6.54 Å². The lowest BCUT2D eigenvalue weighted by atomic mass is 10.0. The Hall–Kier alpha value is -0.810. The van der Waals surface area contributed by atoms with E-state index in [-0.39, 0.29) is 6.04 Å². The molecule has 0 fully saturated rings. The van der Waals surface area contributed by atoms with Gasteiger partial charge < -0.3 is 0 Å². The molecule has 0 aliphatic carbocycles. The molecule has 0 radical (unpaired) electrons. The van der Waals surface area contributed by atoms with Gasteiger partial charge in [-0.05, 0) is 12.8 Å². The molecule has 0 aromatic carbocycles. The molecule has 0 aromatic heterocycles. The highest BCUT2D eigenvalue weighted by Crippen LogP contribution is 2.08. The van der Waals surface area contributed by atoms with Crippen molar-refractivity contribution in [3.8, 4) is 6.07 Å². The van der Waals surface area contributed by atoms with Crippen LogP contribution in [0.1, 0.15) is 19.8 Å². The van der Waals surface area contributed by atoms with E-state index >= 15 is 0 Å². The van der Waals surface area contributed by atoms with E-state index in [1.165, 1.54) is 5.57 Å². The summed E-state index contributed by atoms with van der Waals surface area (Å²) in [6, 6.07) is 2.24. The highest BCUT2D eigenvalue weighted by Gasteiger charge is 2.09. The van der Waals surface area contributed by atoms with E-state index in [9.17, 15) is 0 Å². The van der Waals surface area contributed by atoms with Gasteiger partial charge in [0.1, 0.15) is 0 Å². The first kappa shape index (κ1) is 7.30. The molecule has 1 N–H and O–H groups in total. The Labute approximate surface area is 61.5 Å². The first-order valence-corrected chi connectivity index (χ1v) is 3.67. The zero-order valence-corrected chi connectivity index (χ0v) is 6.22. The second-order valence-electron chi connectivity index (χ2n) is 2.51. The second-order valence-corrected chi connectivity index (χ2v) is 2.51. The molecular formula is C8H12N2. The van der Waals surface area contributed by atoms with E-state index in [1.807, 2.05) is 0 Å². The van der Waals surface area contributed by atoms with Gasteiger partial charge in [-0.2, -0.15) is 5.26 Å². The number of nitrogens with zero attached hydrogens (tertiary/aromatic N) is 1. The summed E-state index contributed by atoms with van der Waals surface area (Å²) in [6.45, 7) is 3.04. The first-order chi connectivity index (χ1) is 4.86. The number of nitrogens with one attached hydrogen (secondary N) is 1. The zero-order valence-electron chi connectivity index (χ0n) is 6.22. The Morgan fingerprint density at radius 3 is 3.10 bits per heavy atom. The van der Waals surface area contributed by atoms with Gasteiger partial charge in [-0.3, -0.25) is 5.32 Å². The molecule has 10 heavy (non-hydrogen) atoms.